The molecule has 2 N–H and O–H groups in total. The predicted octanol–water partition coefficient (Wildman–Crippen LogP) is 1.36. The van der Waals surface area contributed by atoms with Gasteiger partial charge in [0.05, 0.1) is 0 Å². The summed E-state index contributed by atoms with van der Waals surface area (Å²) in [4.78, 5) is 22.2. The van der Waals surface area contributed by atoms with Gasteiger partial charge in [0.15, 0.2) is 0 Å². The van der Waals surface area contributed by atoms with E-state index < -0.39 is 0 Å². The van der Waals surface area contributed by atoms with E-state index in [4.69, 9.17) is 0 Å². The minimum Gasteiger partial charge on any atom is -0.373 e. The summed E-state index contributed by atoms with van der Waals surface area (Å²) in [7, 11) is 1.88. The standard InChI is InChI=1S/C14H23N5O/c1-9(2)12-13(15-4)16-8-17-14(12)19-6-5-11(7-19)18-10(3)20/h8-9,11H,5-7H2,1-4H3,(H,18,20)(H,15,16,17). The van der Waals surface area contributed by atoms with Gasteiger partial charge in [0.1, 0.15) is 18.0 Å². The lowest BCUT2D eigenvalue weighted by Gasteiger charge is -2.23. The molecular weight excluding hydrogens is 254 g/mol. The van der Waals surface area contributed by atoms with Crippen molar-refractivity contribution in [3.8, 4) is 0 Å². The number of carbonyl (C=O) groups excluding carboxylic acids is 1. The van der Waals surface area contributed by atoms with Crippen LogP contribution in [0.25, 0.3) is 0 Å². The lowest BCUT2D eigenvalue weighted by Crippen LogP contribution is -2.36. The Kier molecular flexibility index (Phi) is 4.42. The molecule has 20 heavy (non-hydrogen) atoms. The predicted molar refractivity (Wildman–Crippen MR) is 80.1 cm³/mol. The van der Waals surface area contributed by atoms with Crippen LogP contribution < -0.4 is 15.5 Å². The Morgan fingerprint density at radius 1 is 1.45 bits per heavy atom. The van der Waals surface area contributed by atoms with Crippen molar-refractivity contribution >= 4 is 17.5 Å². The van der Waals surface area contributed by atoms with Crippen molar-refractivity contribution in [3.63, 3.8) is 0 Å². The smallest absolute Gasteiger partial charge is 0.217 e. The van der Waals surface area contributed by atoms with E-state index in [0.717, 1.165) is 36.7 Å². The number of aromatic nitrogens is 2. The summed E-state index contributed by atoms with van der Waals surface area (Å²) in [6.07, 6.45) is 2.55. The number of amides is 1. The molecule has 0 spiro atoms. The minimum atomic E-state index is 0.0273. The number of carbonyl (C=O) groups is 1. The molecule has 1 fully saturated rings. The summed E-state index contributed by atoms with van der Waals surface area (Å²) in [6.45, 7) is 7.56. The molecule has 6 nitrogen and oxygen atoms in total. The topological polar surface area (TPSA) is 70.2 Å². The van der Waals surface area contributed by atoms with Crippen molar-refractivity contribution < 1.29 is 4.79 Å². The number of nitrogens with one attached hydrogen (secondary N) is 2. The first-order valence-corrected chi connectivity index (χ1v) is 7.07. The van der Waals surface area contributed by atoms with Crippen LogP contribution in [0, 0.1) is 0 Å². The van der Waals surface area contributed by atoms with Crippen LogP contribution in [0.1, 0.15) is 38.7 Å². The molecule has 0 aliphatic carbocycles. The molecule has 0 saturated carbocycles. The average Bonchev–Trinajstić information content (AvgIpc) is 2.85. The molecule has 1 aromatic rings. The molecule has 1 unspecified atom stereocenters. The van der Waals surface area contributed by atoms with Gasteiger partial charge in [-0.15, -0.1) is 0 Å². The van der Waals surface area contributed by atoms with Gasteiger partial charge in [0.25, 0.3) is 0 Å². The Hall–Kier alpha value is -1.85. The summed E-state index contributed by atoms with van der Waals surface area (Å²) in [5, 5.41) is 6.12. The lowest BCUT2D eigenvalue weighted by atomic mass is 10.0. The van der Waals surface area contributed by atoms with E-state index in [0.29, 0.717) is 5.92 Å². The summed E-state index contributed by atoms with van der Waals surface area (Å²) in [5.41, 5.74) is 1.14. The Bertz CT molecular complexity index is 488. The van der Waals surface area contributed by atoms with Crippen LogP contribution in [0.3, 0.4) is 0 Å². The Balaban J connectivity index is 2.23. The highest BCUT2D eigenvalue weighted by Crippen LogP contribution is 2.32. The van der Waals surface area contributed by atoms with Crippen LogP contribution in [-0.4, -0.2) is 42.1 Å². The molecule has 1 atom stereocenters. The summed E-state index contributed by atoms with van der Waals surface area (Å²) in [5.74, 6) is 2.23. The second-order valence-electron chi connectivity index (χ2n) is 5.50. The molecule has 110 valence electrons. The molecule has 1 aliphatic rings. The molecular formula is C14H23N5O. The first-order chi connectivity index (χ1) is 9.52. The quantitative estimate of drug-likeness (QED) is 0.869. The van der Waals surface area contributed by atoms with E-state index in [1.54, 1.807) is 13.3 Å². The van der Waals surface area contributed by atoms with Gasteiger partial charge in [-0.05, 0) is 12.3 Å². The Morgan fingerprint density at radius 2 is 2.20 bits per heavy atom. The fraction of sp³-hybridized carbons (Fsp3) is 0.643. The van der Waals surface area contributed by atoms with Crippen LogP contribution in [0.15, 0.2) is 6.33 Å². The molecule has 1 saturated heterocycles. The average molecular weight is 277 g/mol. The lowest BCUT2D eigenvalue weighted by molar-refractivity contribution is -0.119. The second kappa shape index (κ2) is 6.07. The molecule has 2 heterocycles. The maximum absolute atomic E-state index is 11.2. The van der Waals surface area contributed by atoms with Crippen LogP contribution in [0.4, 0.5) is 11.6 Å². The van der Waals surface area contributed by atoms with Crippen LogP contribution in [-0.2, 0) is 4.79 Å². The van der Waals surface area contributed by atoms with Gasteiger partial charge in [-0.2, -0.15) is 0 Å². The molecule has 0 bridgehead atoms. The number of hydrogen-bond donors (Lipinski definition) is 2. The van der Waals surface area contributed by atoms with Gasteiger partial charge in [-0.3, -0.25) is 4.79 Å². The zero-order chi connectivity index (χ0) is 14.7. The van der Waals surface area contributed by atoms with Gasteiger partial charge in [-0.1, -0.05) is 13.8 Å². The fourth-order valence-electron chi connectivity index (χ4n) is 2.73. The first-order valence-electron chi connectivity index (χ1n) is 7.07. The molecule has 6 heteroatoms. The van der Waals surface area contributed by atoms with Crippen molar-refractivity contribution in [2.75, 3.05) is 30.4 Å². The third kappa shape index (κ3) is 3.00. The van der Waals surface area contributed by atoms with Gasteiger partial charge in [0, 0.05) is 38.7 Å². The highest BCUT2D eigenvalue weighted by Gasteiger charge is 2.27. The van der Waals surface area contributed by atoms with Crippen molar-refractivity contribution in [3.05, 3.63) is 11.9 Å². The van der Waals surface area contributed by atoms with Crippen LogP contribution in [0.2, 0.25) is 0 Å². The van der Waals surface area contributed by atoms with E-state index in [2.05, 4.69) is 39.3 Å². The van der Waals surface area contributed by atoms with Gasteiger partial charge >= 0.3 is 0 Å². The van der Waals surface area contributed by atoms with Crippen LogP contribution in [0.5, 0.6) is 0 Å². The third-order valence-electron chi connectivity index (χ3n) is 3.57. The van der Waals surface area contributed by atoms with E-state index in [-0.39, 0.29) is 11.9 Å². The van der Waals surface area contributed by atoms with Crippen LogP contribution >= 0.6 is 0 Å². The van der Waals surface area contributed by atoms with E-state index in [1.165, 1.54) is 0 Å². The zero-order valence-corrected chi connectivity index (χ0v) is 12.6. The molecule has 1 aromatic heterocycles. The Morgan fingerprint density at radius 3 is 2.80 bits per heavy atom. The van der Waals surface area contributed by atoms with E-state index in [9.17, 15) is 4.79 Å². The van der Waals surface area contributed by atoms with Crippen molar-refractivity contribution in [2.24, 2.45) is 0 Å². The number of anilines is 2. The van der Waals surface area contributed by atoms with Crippen molar-refractivity contribution in [1.82, 2.24) is 15.3 Å². The minimum absolute atomic E-state index is 0.0273. The van der Waals surface area contributed by atoms with Gasteiger partial charge in [0.2, 0.25) is 5.91 Å². The molecule has 1 amide bonds. The third-order valence-corrected chi connectivity index (χ3v) is 3.57. The Labute approximate surface area is 120 Å². The molecule has 1 aliphatic heterocycles. The summed E-state index contributed by atoms with van der Waals surface area (Å²) >= 11 is 0. The number of rotatable bonds is 4. The SMILES string of the molecule is CNc1ncnc(N2CCC(NC(C)=O)C2)c1C(C)C. The number of hydrogen-bond acceptors (Lipinski definition) is 5. The fourth-order valence-corrected chi connectivity index (χ4v) is 2.73. The van der Waals surface area contributed by atoms with E-state index in [1.807, 2.05) is 7.05 Å². The molecule has 0 aromatic carbocycles. The highest BCUT2D eigenvalue weighted by atomic mass is 16.1. The normalized spacial score (nSPS) is 18.4. The monoisotopic (exact) mass is 277 g/mol. The van der Waals surface area contributed by atoms with Crippen molar-refractivity contribution in [2.45, 2.75) is 39.2 Å². The maximum Gasteiger partial charge on any atom is 0.217 e. The summed E-state index contributed by atoms with van der Waals surface area (Å²) in [6, 6.07) is 0.209. The number of nitrogens with zero attached hydrogens (tertiary/aromatic N) is 3. The molecule has 0 radical (unpaired) electrons. The molecule has 2 rings (SSSR count). The second-order valence-corrected chi connectivity index (χ2v) is 5.50. The van der Waals surface area contributed by atoms with E-state index >= 15 is 0 Å². The largest absolute Gasteiger partial charge is 0.373 e. The zero-order valence-electron chi connectivity index (χ0n) is 12.6. The van der Waals surface area contributed by atoms with Gasteiger partial charge < -0.3 is 15.5 Å². The summed E-state index contributed by atoms with van der Waals surface area (Å²) < 4.78 is 0. The maximum atomic E-state index is 11.2. The first kappa shape index (κ1) is 14.6. The van der Waals surface area contributed by atoms with Gasteiger partial charge in [-0.25, -0.2) is 9.97 Å². The van der Waals surface area contributed by atoms with Crippen molar-refractivity contribution in [1.29, 1.82) is 0 Å². The highest BCUT2D eigenvalue weighted by molar-refractivity contribution is 5.73.